The molecule has 0 aliphatic heterocycles. The van der Waals surface area contributed by atoms with Crippen LogP contribution in [0.5, 0.6) is 0 Å². The van der Waals surface area contributed by atoms with Gasteiger partial charge in [-0.1, -0.05) is 147 Å². The third kappa shape index (κ3) is 40.2. The molecule has 0 rings (SSSR count). The van der Waals surface area contributed by atoms with E-state index in [9.17, 15) is 24.2 Å². The fourth-order valence-electron chi connectivity index (χ4n) is 5.84. The smallest absolute Gasteiger partial charge is 0.462 e. The number of aliphatic hydroxyl groups excluding tert-OH is 2. The Morgan fingerprint density at radius 1 is 0.545 bits per heavy atom. The van der Waals surface area contributed by atoms with E-state index in [1.54, 1.807) is 0 Å². The summed E-state index contributed by atoms with van der Waals surface area (Å²) in [5.41, 5.74) is 0. The summed E-state index contributed by atoms with van der Waals surface area (Å²) in [5.74, 6) is -0.941. The van der Waals surface area contributed by atoms with E-state index in [-0.39, 0.29) is 19.4 Å². The van der Waals surface area contributed by atoms with Gasteiger partial charge >= 0.3 is 19.8 Å². The molecule has 0 amide bonds. The van der Waals surface area contributed by atoms with Crippen LogP contribution in [-0.4, -0.2) is 65.7 Å². The van der Waals surface area contributed by atoms with Crippen molar-refractivity contribution in [3.05, 3.63) is 36.5 Å². The van der Waals surface area contributed by atoms with E-state index in [2.05, 4.69) is 54.8 Å². The van der Waals surface area contributed by atoms with E-state index in [0.717, 1.165) is 70.6 Å². The highest BCUT2D eigenvalue weighted by Crippen LogP contribution is 2.43. The topological polar surface area (TPSA) is 149 Å². The summed E-state index contributed by atoms with van der Waals surface area (Å²) in [6.07, 6.45) is 41.0. The van der Waals surface area contributed by atoms with Gasteiger partial charge in [-0.2, -0.15) is 0 Å². The molecule has 0 heterocycles. The van der Waals surface area contributed by atoms with Crippen molar-refractivity contribution in [2.24, 2.45) is 0 Å². The van der Waals surface area contributed by atoms with Gasteiger partial charge in [0.1, 0.15) is 12.7 Å². The number of aliphatic hydroxyl groups is 2. The third-order valence-electron chi connectivity index (χ3n) is 9.27. The Balaban J connectivity index is 4.31. The normalized spacial score (nSPS) is 14.2. The van der Waals surface area contributed by atoms with Crippen LogP contribution in [-0.2, 0) is 32.7 Å². The van der Waals surface area contributed by atoms with Crippen molar-refractivity contribution in [1.82, 2.24) is 0 Å². The maximum atomic E-state index is 12.6. The summed E-state index contributed by atoms with van der Waals surface area (Å²) in [7, 11) is -4.62. The molecule has 55 heavy (non-hydrogen) atoms. The van der Waals surface area contributed by atoms with E-state index in [1.807, 2.05) is 0 Å². The molecule has 1 unspecified atom stereocenters. The van der Waals surface area contributed by atoms with Crippen LogP contribution in [0.2, 0.25) is 0 Å². The molecule has 3 atom stereocenters. The highest BCUT2D eigenvalue weighted by atomic mass is 31.2. The number of phosphoric acid groups is 1. The highest BCUT2D eigenvalue weighted by Gasteiger charge is 2.27. The van der Waals surface area contributed by atoms with Crippen LogP contribution in [0.25, 0.3) is 0 Å². The minimum Gasteiger partial charge on any atom is -0.462 e. The Bertz CT molecular complexity index is 1010. The molecular weight excluding hydrogens is 719 g/mol. The quantitative estimate of drug-likeness (QED) is 0.0236. The number of hydrogen-bond acceptors (Lipinski definition) is 9. The molecule has 10 nitrogen and oxygen atoms in total. The number of carbonyl (C=O) groups excluding carboxylic acids is 2. The Hall–Kier alpha value is -1.81. The number of hydrogen-bond donors (Lipinski definition) is 3. The van der Waals surface area contributed by atoms with Gasteiger partial charge in [0, 0.05) is 12.8 Å². The van der Waals surface area contributed by atoms with Crippen LogP contribution < -0.4 is 0 Å². The fraction of sp³-hybridized carbons (Fsp3) is 0.818. The molecule has 0 aromatic carbocycles. The summed E-state index contributed by atoms with van der Waals surface area (Å²) in [6, 6.07) is 0. The zero-order chi connectivity index (χ0) is 40.5. The van der Waals surface area contributed by atoms with Crippen molar-refractivity contribution in [3.63, 3.8) is 0 Å². The second-order valence-electron chi connectivity index (χ2n) is 14.7. The second kappa shape index (κ2) is 40.4. The number of rotatable bonds is 41. The predicted octanol–water partition coefficient (Wildman–Crippen LogP) is 11.6. The SMILES string of the molecule is CCCCC/C=C/C/C=C/CCCCCCCCCC(=O)OC[C@H](COP(=O)(O)OC[C@@H](O)CO)OC(=O)CCCCCCC/C=C/CCCCCCCC. The summed E-state index contributed by atoms with van der Waals surface area (Å²) < 4.78 is 32.7. The van der Waals surface area contributed by atoms with E-state index < -0.39 is 51.8 Å². The lowest BCUT2D eigenvalue weighted by Gasteiger charge is -2.20. The molecule has 0 saturated carbocycles. The second-order valence-corrected chi connectivity index (χ2v) is 16.2. The molecule has 0 radical (unpaired) electrons. The van der Waals surface area contributed by atoms with Gasteiger partial charge in [0.2, 0.25) is 0 Å². The summed E-state index contributed by atoms with van der Waals surface area (Å²) in [6.45, 7) is 2.34. The molecule has 0 spiro atoms. The first-order valence-electron chi connectivity index (χ1n) is 21.9. The van der Waals surface area contributed by atoms with Crippen molar-refractivity contribution in [3.8, 4) is 0 Å². The zero-order valence-electron chi connectivity index (χ0n) is 34.9. The minimum absolute atomic E-state index is 0.173. The summed E-state index contributed by atoms with van der Waals surface area (Å²) in [5, 5.41) is 18.3. The van der Waals surface area contributed by atoms with E-state index in [1.165, 1.54) is 83.5 Å². The van der Waals surface area contributed by atoms with Crippen LogP contribution in [0.3, 0.4) is 0 Å². The van der Waals surface area contributed by atoms with Crippen molar-refractivity contribution >= 4 is 19.8 Å². The van der Waals surface area contributed by atoms with E-state index in [0.29, 0.717) is 12.8 Å². The van der Waals surface area contributed by atoms with E-state index in [4.69, 9.17) is 19.1 Å². The van der Waals surface area contributed by atoms with Gasteiger partial charge < -0.3 is 24.6 Å². The van der Waals surface area contributed by atoms with Crippen LogP contribution in [0.4, 0.5) is 0 Å². The number of phosphoric ester groups is 1. The molecule has 322 valence electrons. The molecule has 0 aliphatic carbocycles. The standard InChI is InChI=1S/C44H81O10P/c1-3-5-7-9-11-13-15-17-19-20-22-23-25-27-29-31-33-35-43(47)51-39-42(40-53-55(49,50)52-38-41(46)37-45)54-44(48)36-34-32-30-28-26-24-21-18-16-14-12-10-8-6-4-2/h11,13,17-19,21,41-42,45-46H,3-10,12,14-16,20,22-40H2,1-2H3,(H,49,50)/b13-11+,19-17+,21-18+/t41-,42+/m0/s1. The summed E-state index contributed by atoms with van der Waals surface area (Å²) in [4.78, 5) is 35.0. The Kier molecular flexibility index (Phi) is 39.1. The molecule has 0 aliphatic rings. The molecule has 11 heteroatoms. The average Bonchev–Trinajstić information content (AvgIpc) is 3.17. The first-order valence-corrected chi connectivity index (χ1v) is 23.4. The average molecular weight is 801 g/mol. The lowest BCUT2D eigenvalue weighted by Crippen LogP contribution is -2.29. The van der Waals surface area contributed by atoms with Crippen LogP contribution in [0.1, 0.15) is 194 Å². The maximum Gasteiger partial charge on any atom is 0.472 e. The molecule has 0 bridgehead atoms. The number of ether oxygens (including phenoxy) is 2. The Labute approximate surface area is 335 Å². The van der Waals surface area contributed by atoms with Crippen LogP contribution in [0, 0.1) is 0 Å². The molecule has 3 N–H and O–H groups in total. The molecule has 0 saturated heterocycles. The monoisotopic (exact) mass is 801 g/mol. The van der Waals surface area contributed by atoms with Gasteiger partial charge in [0.25, 0.3) is 0 Å². The number of allylic oxidation sites excluding steroid dienone is 6. The van der Waals surface area contributed by atoms with Crippen LogP contribution in [0.15, 0.2) is 36.5 Å². The number of unbranched alkanes of at least 4 members (excludes halogenated alkanes) is 21. The third-order valence-corrected chi connectivity index (χ3v) is 10.2. The first-order chi connectivity index (χ1) is 26.7. The maximum absolute atomic E-state index is 12.6. The van der Waals surface area contributed by atoms with Gasteiger partial charge in [-0.15, -0.1) is 0 Å². The van der Waals surface area contributed by atoms with Crippen molar-refractivity contribution < 1.29 is 47.8 Å². The van der Waals surface area contributed by atoms with Gasteiger partial charge in [-0.3, -0.25) is 18.6 Å². The lowest BCUT2D eigenvalue weighted by atomic mass is 10.1. The lowest BCUT2D eigenvalue weighted by molar-refractivity contribution is -0.161. The molecule has 0 fully saturated rings. The summed E-state index contributed by atoms with van der Waals surface area (Å²) >= 11 is 0. The van der Waals surface area contributed by atoms with Crippen molar-refractivity contribution in [2.45, 2.75) is 206 Å². The zero-order valence-corrected chi connectivity index (χ0v) is 35.8. The highest BCUT2D eigenvalue weighted by molar-refractivity contribution is 7.47. The Morgan fingerprint density at radius 2 is 0.945 bits per heavy atom. The first kappa shape index (κ1) is 53.2. The largest absolute Gasteiger partial charge is 0.472 e. The van der Waals surface area contributed by atoms with Crippen LogP contribution >= 0.6 is 7.82 Å². The molecule has 0 aromatic heterocycles. The number of esters is 2. The van der Waals surface area contributed by atoms with Gasteiger partial charge in [0.05, 0.1) is 19.8 Å². The van der Waals surface area contributed by atoms with E-state index >= 15 is 0 Å². The van der Waals surface area contributed by atoms with Crippen molar-refractivity contribution in [1.29, 1.82) is 0 Å². The number of carbonyl (C=O) groups is 2. The predicted molar refractivity (Wildman–Crippen MR) is 224 cm³/mol. The fourth-order valence-corrected chi connectivity index (χ4v) is 6.63. The van der Waals surface area contributed by atoms with Gasteiger partial charge in [-0.25, -0.2) is 4.57 Å². The van der Waals surface area contributed by atoms with Gasteiger partial charge in [0.15, 0.2) is 6.10 Å². The van der Waals surface area contributed by atoms with Crippen molar-refractivity contribution in [2.75, 3.05) is 26.4 Å². The molecular formula is C44H81O10P. The minimum atomic E-state index is -4.62. The molecule has 0 aromatic rings. The Morgan fingerprint density at radius 3 is 1.45 bits per heavy atom. The van der Waals surface area contributed by atoms with Gasteiger partial charge in [-0.05, 0) is 70.6 Å².